The number of benzene rings is 2. The summed E-state index contributed by atoms with van der Waals surface area (Å²) >= 11 is 0. The van der Waals surface area contributed by atoms with E-state index in [1.54, 1.807) is 32.9 Å². The first-order valence-electron chi connectivity index (χ1n) is 11.7. The highest BCUT2D eigenvalue weighted by atomic mass is 32.2. The number of amides is 2. The van der Waals surface area contributed by atoms with Crippen molar-refractivity contribution in [3.05, 3.63) is 59.7 Å². The van der Waals surface area contributed by atoms with E-state index in [1.165, 1.54) is 10.4 Å². The molecule has 2 N–H and O–H groups in total. The highest BCUT2D eigenvalue weighted by Crippen LogP contribution is 2.22. The molecule has 1 fully saturated rings. The molecule has 184 valence electrons. The van der Waals surface area contributed by atoms with Gasteiger partial charge in [-0.3, -0.25) is 14.5 Å². The summed E-state index contributed by atoms with van der Waals surface area (Å²) in [5.41, 5.74) is 1.72. The second-order valence-electron chi connectivity index (χ2n) is 8.51. The number of aryl methyl sites for hydroxylation is 1. The van der Waals surface area contributed by atoms with Crippen molar-refractivity contribution in [3.8, 4) is 0 Å². The van der Waals surface area contributed by atoms with E-state index in [9.17, 15) is 18.0 Å². The number of anilines is 1. The first-order valence-corrected chi connectivity index (χ1v) is 13.2. The summed E-state index contributed by atoms with van der Waals surface area (Å²) < 4.78 is 27.3. The SMILES string of the molecule is CCN(CC)S(=O)(=O)c1cc(C(=O)NC2CCN(CC(=O)Nc3ccccc3)CC2)ccc1C. The van der Waals surface area contributed by atoms with Crippen LogP contribution >= 0.6 is 0 Å². The maximum atomic E-state index is 13.0. The normalized spacial score (nSPS) is 15.3. The number of carbonyl (C=O) groups excluding carboxylic acids is 2. The number of likely N-dealkylation sites (tertiary alicyclic amines) is 1. The lowest BCUT2D eigenvalue weighted by atomic mass is 10.0. The van der Waals surface area contributed by atoms with Crippen molar-refractivity contribution in [1.82, 2.24) is 14.5 Å². The van der Waals surface area contributed by atoms with Crippen LogP contribution in [0.3, 0.4) is 0 Å². The van der Waals surface area contributed by atoms with Crippen molar-refractivity contribution in [3.63, 3.8) is 0 Å². The van der Waals surface area contributed by atoms with E-state index in [4.69, 9.17) is 0 Å². The molecule has 8 nitrogen and oxygen atoms in total. The number of rotatable bonds is 9. The smallest absolute Gasteiger partial charge is 0.251 e. The molecule has 0 spiro atoms. The number of hydrogen-bond donors (Lipinski definition) is 2. The molecular formula is C25H34N4O4S. The zero-order chi connectivity index (χ0) is 24.7. The fourth-order valence-corrected chi connectivity index (χ4v) is 5.86. The molecule has 0 saturated carbocycles. The van der Waals surface area contributed by atoms with E-state index in [0.717, 1.165) is 18.5 Å². The monoisotopic (exact) mass is 486 g/mol. The van der Waals surface area contributed by atoms with E-state index >= 15 is 0 Å². The summed E-state index contributed by atoms with van der Waals surface area (Å²) in [6.45, 7) is 7.77. The minimum atomic E-state index is -3.65. The van der Waals surface area contributed by atoms with Crippen molar-refractivity contribution in [1.29, 1.82) is 0 Å². The van der Waals surface area contributed by atoms with Gasteiger partial charge in [0.15, 0.2) is 0 Å². The number of nitrogens with one attached hydrogen (secondary N) is 2. The van der Waals surface area contributed by atoms with Crippen LogP contribution in [0.15, 0.2) is 53.4 Å². The molecule has 0 aromatic heterocycles. The van der Waals surface area contributed by atoms with Gasteiger partial charge in [0.2, 0.25) is 15.9 Å². The number of piperidine rings is 1. The van der Waals surface area contributed by atoms with E-state index in [-0.39, 0.29) is 22.8 Å². The zero-order valence-corrected chi connectivity index (χ0v) is 20.9. The van der Waals surface area contributed by atoms with Crippen molar-refractivity contribution in [2.24, 2.45) is 0 Å². The average molecular weight is 487 g/mol. The van der Waals surface area contributed by atoms with Crippen LogP contribution in [0.25, 0.3) is 0 Å². The van der Waals surface area contributed by atoms with Crippen LogP contribution in [-0.2, 0) is 14.8 Å². The first kappa shape index (κ1) is 25.9. The maximum absolute atomic E-state index is 13.0. The molecule has 0 radical (unpaired) electrons. The molecule has 0 bridgehead atoms. The molecule has 0 aliphatic carbocycles. The molecule has 2 aromatic rings. The Bertz CT molecular complexity index is 1090. The Labute approximate surface area is 202 Å². The maximum Gasteiger partial charge on any atom is 0.251 e. The Morgan fingerprint density at radius 3 is 2.29 bits per heavy atom. The summed E-state index contributed by atoms with van der Waals surface area (Å²) in [4.78, 5) is 27.4. The van der Waals surface area contributed by atoms with Gasteiger partial charge in [0, 0.05) is 43.5 Å². The van der Waals surface area contributed by atoms with E-state index in [1.807, 2.05) is 30.3 Å². The number of para-hydroxylation sites is 1. The molecule has 0 unspecified atom stereocenters. The number of nitrogens with zero attached hydrogens (tertiary/aromatic N) is 2. The van der Waals surface area contributed by atoms with Crippen LogP contribution in [0.4, 0.5) is 5.69 Å². The highest BCUT2D eigenvalue weighted by Gasteiger charge is 2.26. The van der Waals surface area contributed by atoms with Gasteiger partial charge in [-0.2, -0.15) is 4.31 Å². The molecule has 1 aliphatic rings. The molecule has 1 aliphatic heterocycles. The fraction of sp³-hybridized carbons (Fsp3) is 0.440. The molecule has 1 saturated heterocycles. The Balaban J connectivity index is 1.55. The Hall–Kier alpha value is -2.75. The lowest BCUT2D eigenvalue weighted by Gasteiger charge is -2.32. The molecule has 9 heteroatoms. The summed E-state index contributed by atoms with van der Waals surface area (Å²) in [5.74, 6) is -0.341. The number of hydrogen-bond acceptors (Lipinski definition) is 5. The lowest BCUT2D eigenvalue weighted by molar-refractivity contribution is -0.117. The van der Waals surface area contributed by atoms with E-state index in [2.05, 4.69) is 15.5 Å². The van der Waals surface area contributed by atoms with Gasteiger partial charge < -0.3 is 10.6 Å². The molecule has 34 heavy (non-hydrogen) atoms. The molecule has 2 amide bonds. The van der Waals surface area contributed by atoms with Gasteiger partial charge in [-0.15, -0.1) is 0 Å². The quantitative estimate of drug-likeness (QED) is 0.568. The van der Waals surface area contributed by atoms with Gasteiger partial charge in [-0.25, -0.2) is 8.42 Å². The summed E-state index contributed by atoms with van der Waals surface area (Å²) in [6.07, 6.45) is 1.45. The molecule has 3 rings (SSSR count). The highest BCUT2D eigenvalue weighted by molar-refractivity contribution is 7.89. The predicted octanol–water partition coefficient (Wildman–Crippen LogP) is 2.86. The minimum absolute atomic E-state index is 0.0231. The third-order valence-electron chi connectivity index (χ3n) is 6.12. The minimum Gasteiger partial charge on any atom is -0.349 e. The first-order chi connectivity index (χ1) is 16.2. The van der Waals surface area contributed by atoms with Crippen LogP contribution in [0, 0.1) is 6.92 Å². The fourth-order valence-electron chi connectivity index (χ4n) is 4.15. The van der Waals surface area contributed by atoms with Crippen LogP contribution in [-0.4, -0.2) is 68.2 Å². The van der Waals surface area contributed by atoms with Gasteiger partial charge >= 0.3 is 0 Å². The topological polar surface area (TPSA) is 98.8 Å². The van der Waals surface area contributed by atoms with E-state index in [0.29, 0.717) is 43.9 Å². The molecule has 2 aromatic carbocycles. The lowest BCUT2D eigenvalue weighted by Crippen LogP contribution is -2.46. The molecule has 0 atom stereocenters. The van der Waals surface area contributed by atoms with Crippen LogP contribution < -0.4 is 10.6 Å². The zero-order valence-electron chi connectivity index (χ0n) is 20.1. The van der Waals surface area contributed by atoms with Crippen molar-refractivity contribution in [2.75, 3.05) is 38.0 Å². The Kier molecular flexibility index (Phi) is 8.82. The van der Waals surface area contributed by atoms with Gasteiger partial charge in [0.05, 0.1) is 11.4 Å². The summed E-state index contributed by atoms with van der Waals surface area (Å²) in [6, 6.07) is 14.1. The van der Waals surface area contributed by atoms with Crippen molar-refractivity contribution < 1.29 is 18.0 Å². The Morgan fingerprint density at radius 1 is 1.03 bits per heavy atom. The molecule has 1 heterocycles. The second kappa shape index (κ2) is 11.6. The van der Waals surface area contributed by atoms with Gasteiger partial charge in [0.25, 0.3) is 5.91 Å². The molecular weight excluding hydrogens is 452 g/mol. The van der Waals surface area contributed by atoms with Gasteiger partial charge in [-0.05, 0) is 49.6 Å². The summed E-state index contributed by atoms with van der Waals surface area (Å²) in [5, 5.41) is 5.92. The number of sulfonamides is 1. The second-order valence-corrected chi connectivity index (χ2v) is 10.4. The van der Waals surface area contributed by atoms with Crippen molar-refractivity contribution >= 4 is 27.5 Å². The number of carbonyl (C=O) groups is 2. The van der Waals surface area contributed by atoms with Crippen molar-refractivity contribution in [2.45, 2.75) is 44.6 Å². The van der Waals surface area contributed by atoms with Crippen LogP contribution in [0.1, 0.15) is 42.6 Å². The van der Waals surface area contributed by atoms with Gasteiger partial charge in [-0.1, -0.05) is 38.1 Å². The summed E-state index contributed by atoms with van der Waals surface area (Å²) in [7, 11) is -3.65. The van der Waals surface area contributed by atoms with Gasteiger partial charge in [0.1, 0.15) is 0 Å². The van der Waals surface area contributed by atoms with Crippen LogP contribution in [0.2, 0.25) is 0 Å². The third kappa shape index (κ3) is 6.43. The standard InChI is InChI=1S/C25H34N4O4S/c1-4-29(5-2)34(32,33)23-17-20(12-11-19(23)3)25(31)27-22-13-15-28(16-14-22)18-24(30)26-21-9-7-6-8-10-21/h6-12,17,22H,4-5,13-16,18H2,1-3H3,(H,26,30)(H,27,31). The third-order valence-corrected chi connectivity index (χ3v) is 8.31. The largest absolute Gasteiger partial charge is 0.349 e. The predicted molar refractivity (Wildman–Crippen MR) is 133 cm³/mol. The van der Waals surface area contributed by atoms with Crippen LogP contribution in [0.5, 0.6) is 0 Å². The Morgan fingerprint density at radius 2 is 1.68 bits per heavy atom. The average Bonchev–Trinajstić information content (AvgIpc) is 2.81. The van der Waals surface area contributed by atoms with E-state index < -0.39 is 10.0 Å².